The molecule has 7 rings (SSSR count). The molecule has 2 bridgehead atoms. The molecule has 10 nitrogen and oxygen atoms in total. The molecule has 0 radical (unpaired) electrons. The van der Waals surface area contributed by atoms with E-state index >= 15 is 0 Å². The molecule has 2 aromatic rings. The van der Waals surface area contributed by atoms with E-state index in [4.69, 9.17) is 25.8 Å². The topological polar surface area (TPSA) is 110 Å². The second-order valence-electron chi connectivity index (χ2n) is 15.0. The van der Waals surface area contributed by atoms with Crippen LogP contribution in [0.4, 0.5) is 10.5 Å². The quantitative estimate of drug-likeness (QED) is 0.365. The standard InChI is InChI=1S/C38H49ClN4O6S/c1-24-7-5-9-33(47-3)30-13-10-28(30)19-42-22-38(16-6-8-26-17-29(39)12-14-31(26)38)23-49-34-15-11-27(18-32(34)42)36(44)40-50(46,21-24)41-37(45)43-20-35(48-4)25(43)2/h5,9,11-12,14-15,17-18,24-25,28,30,33,35H,6-8,10,13,16,19-23H2,1-4H3,(H,40,41,44,45,46)/b9-5+/t24-,25+,28-,30+,33-,35-,38-,50-/m0/s1. The summed E-state index contributed by atoms with van der Waals surface area (Å²) in [5.41, 5.74) is 3.43. The predicted octanol–water partition coefficient (Wildman–Crippen LogP) is 6.40. The normalized spacial score (nSPS) is 34.5. The Hall–Kier alpha value is -3.12. The van der Waals surface area contributed by atoms with Gasteiger partial charge in [-0.1, -0.05) is 36.7 Å². The van der Waals surface area contributed by atoms with Crippen molar-refractivity contribution in [2.45, 2.75) is 76.0 Å². The van der Waals surface area contributed by atoms with Crippen molar-refractivity contribution in [1.29, 1.82) is 0 Å². The van der Waals surface area contributed by atoms with Crippen LogP contribution in [0.15, 0.2) is 52.9 Å². The van der Waals surface area contributed by atoms with Crippen LogP contribution < -0.4 is 14.4 Å². The average Bonchev–Trinajstić information content (AvgIpc) is 3.21. The zero-order valence-electron chi connectivity index (χ0n) is 29.4. The number of hydrogen-bond acceptors (Lipinski definition) is 7. The van der Waals surface area contributed by atoms with Crippen molar-refractivity contribution < 1.29 is 28.0 Å². The fraction of sp³-hybridized carbons (Fsp3) is 0.579. The number of likely N-dealkylation sites (tertiary alicyclic amines) is 1. The molecule has 1 N–H and O–H groups in total. The highest BCUT2D eigenvalue weighted by Crippen LogP contribution is 2.47. The van der Waals surface area contributed by atoms with Crippen LogP contribution in [0, 0.1) is 17.8 Å². The Balaban J connectivity index is 1.28. The van der Waals surface area contributed by atoms with Gasteiger partial charge in [0, 0.05) is 43.3 Å². The summed E-state index contributed by atoms with van der Waals surface area (Å²) >= 11 is 6.45. The number of anilines is 1. The fourth-order valence-corrected chi connectivity index (χ4v) is 10.7. The SMILES string of the molecule is CO[C@H]1/C=C/C[C@H](C)C[S@@](=O)(NC(=O)N2C[C@H](OC)[C@H]2C)=NC(=O)c2ccc3c(c2)N(C[C@@H]2CC[C@H]21)C[C@@]1(CCCc2cc(Cl)ccc21)CO3. The van der Waals surface area contributed by atoms with E-state index in [0.717, 1.165) is 55.9 Å². The predicted molar refractivity (Wildman–Crippen MR) is 195 cm³/mol. The Labute approximate surface area is 301 Å². The van der Waals surface area contributed by atoms with E-state index in [-0.39, 0.29) is 35.3 Å². The van der Waals surface area contributed by atoms with Crippen molar-refractivity contribution in [3.63, 3.8) is 0 Å². The Morgan fingerprint density at radius 2 is 1.96 bits per heavy atom. The lowest BCUT2D eigenvalue weighted by atomic mass is 9.68. The number of carbonyl (C=O) groups is 2. The van der Waals surface area contributed by atoms with Crippen LogP contribution in [-0.4, -0.2) is 85.5 Å². The van der Waals surface area contributed by atoms with E-state index in [1.165, 1.54) is 11.1 Å². The minimum atomic E-state index is -3.49. The van der Waals surface area contributed by atoms with Crippen LogP contribution in [0.5, 0.6) is 5.75 Å². The second-order valence-corrected chi connectivity index (χ2v) is 17.5. The van der Waals surface area contributed by atoms with Gasteiger partial charge in [0.05, 0.1) is 42.8 Å². The summed E-state index contributed by atoms with van der Waals surface area (Å²) in [6.07, 6.45) is 9.84. The first-order chi connectivity index (χ1) is 24.0. The van der Waals surface area contributed by atoms with Gasteiger partial charge in [0.25, 0.3) is 5.91 Å². The molecule has 2 fully saturated rings. The summed E-state index contributed by atoms with van der Waals surface area (Å²) in [7, 11) is -0.112. The molecule has 3 aliphatic heterocycles. The van der Waals surface area contributed by atoms with E-state index in [1.807, 2.05) is 32.0 Å². The average molecular weight is 725 g/mol. The number of ether oxygens (including phenoxy) is 3. The van der Waals surface area contributed by atoms with Gasteiger partial charge in [-0.25, -0.2) is 9.00 Å². The monoisotopic (exact) mass is 724 g/mol. The number of methoxy groups -OCH3 is 2. The summed E-state index contributed by atoms with van der Waals surface area (Å²) in [6.45, 7) is 6.24. The van der Waals surface area contributed by atoms with E-state index in [0.29, 0.717) is 42.7 Å². The number of allylic oxidation sites excluding steroid dienone is 1. The summed E-state index contributed by atoms with van der Waals surface area (Å²) in [6, 6.07) is 10.9. The third-order valence-corrected chi connectivity index (χ3v) is 13.9. The van der Waals surface area contributed by atoms with Gasteiger partial charge >= 0.3 is 6.03 Å². The number of aryl methyl sites for hydroxylation is 1. The molecule has 0 aromatic heterocycles. The van der Waals surface area contributed by atoms with Crippen molar-refractivity contribution in [2.24, 2.45) is 22.1 Å². The highest BCUT2D eigenvalue weighted by atomic mass is 35.5. The highest BCUT2D eigenvalue weighted by molar-refractivity contribution is 7.92. The molecule has 3 heterocycles. The number of nitrogens with one attached hydrogen (secondary N) is 1. The van der Waals surface area contributed by atoms with E-state index in [1.54, 1.807) is 25.2 Å². The first-order valence-corrected chi connectivity index (χ1v) is 20.0. The molecule has 0 unspecified atom stereocenters. The minimum absolute atomic E-state index is 0.0283. The Morgan fingerprint density at radius 1 is 1.12 bits per heavy atom. The van der Waals surface area contributed by atoms with Crippen LogP contribution in [0.25, 0.3) is 0 Å². The molecule has 8 atom stereocenters. The molecule has 2 aromatic carbocycles. The number of carbonyl (C=O) groups excluding carboxylic acids is 2. The molecule has 3 amide bonds. The zero-order chi connectivity index (χ0) is 35.2. The lowest BCUT2D eigenvalue weighted by Crippen LogP contribution is -2.64. The number of fused-ring (bicyclic) bond motifs is 4. The molecule has 1 saturated heterocycles. The van der Waals surface area contributed by atoms with Gasteiger partial charge in [-0.05, 0) is 105 Å². The molecule has 12 heteroatoms. The molecule has 2 aliphatic carbocycles. The van der Waals surface area contributed by atoms with Gasteiger partial charge < -0.3 is 24.0 Å². The smallest absolute Gasteiger partial charge is 0.330 e. The first-order valence-electron chi connectivity index (χ1n) is 17.9. The molecule has 5 aliphatic rings. The maximum absolute atomic E-state index is 14.5. The minimum Gasteiger partial charge on any atom is -0.490 e. The molecule has 50 heavy (non-hydrogen) atoms. The summed E-state index contributed by atoms with van der Waals surface area (Å²) < 4.78 is 39.6. The number of nitrogens with zero attached hydrogens (tertiary/aromatic N) is 3. The molecule has 1 spiro atoms. The molecular weight excluding hydrogens is 676 g/mol. The van der Waals surface area contributed by atoms with Crippen LogP contribution >= 0.6 is 11.6 Å². The Morgan fingerprint density at radius 3 is 2.70 bits per heavy atom. The van der Waals surface area contributed by atoms with Gasteiger partial charge in [-0.15, -0.1) is 4.36 Å². The van der Waals surface area contributed by atoms with Gasteiger partial charge in [-0.3, -0.25) is 9.52 Å². The van der Waals surface area contributed by atoms with E-state index in [2.05, 4.69) is 38.3 Å². The lowest BCUT2D eigenvalue weighted by molar-refractivity contribution is -0.0508. The largest absolute Gasteiger partial charge is 0.490 e. The zero-order valence-corrected chi connectivity index (χ0v) is 31.0. The number of benzene rings is 2. The molecule has 270 valence electrons. The summed E-state index contributed by atoms with van der Waals surface area (Å²) in [5, 5.41) is 0.743. The first kappa shape index (κ1) is 35.3. The van der Waals surface area contributed by atoms with Crippen molar-refractivity contribution in [3.8, 4) is 5.75 Å². The number of halogens is 1. The van der Waals surface area contributed by atoms with Crippen LogP contribution in [0.1, 0.15) is 67.4 Å². The van der Waals surface area contributed by atoms with Crippen molar-refractivity contribution >= 4 is 39.1 Å². The van der Waals surface area contributed by atoms with Crippen LogP contribution in [-0.2, 0) is 31.2 Å². The molecular formula is C38H49ClN4O6S. The van der Waals surface area contributed by atoms with Crippen LogP contribution in [0.3, 0.4) is 0 Å². The second kappa shape index (κ2) is 14.1. The van der Waals surface area contributed by atoms with Gasteiger partial charge in [0.2, 0.25) is 0 Å². The van der Waals surface area contributed by atoms with E-state index in [9.17, 15) is 13.8 Å². The fourth-order valence-electron chi connectivity index (χ4n) is 8.68. The summed E-state index contributed by atoms with van der Waals surface area (Å²) in [4.78, 5) is 31.3. The Kier molecular flexibility index (Phi) is 9.97. The Bertz CT molecular complexity index is 1790. The van der Waals surface area contributed by atoms with Gasteiger partial charge in [-0.2, -0.15) is 0 Å². The number of hydrogen-bond donors (Lipinski definition) is 1. The lowest BCUT2D eigenvalue weighted by Gasteiger charge is -2.46. The number of amides is 3. The summed E-state index contributed by atoms with van der Waals surface area (Å²) in [5.74, 6) is 0.725. The maximum atomic E-state index is 14.5. The third kappa shape index (κ3) is 6.78. The van der Waals surface area contributed by atoms with Crippen LogP contribution in [0.2, 0.25) is 5.02 Å². The van der Waals surface area contributed by atoms with Crippen molar-refractivity contribution in [2.75, 3.05) is 51.1 Å². The van der Waals surface area contributed by atoms with Crippen molar-refractivity contribution in [1.82, 2.24) is 9.62 Å². The third-order valence-electron chi connectivity index (χ3n) is 11.7. The maximum Gasteiger partial charge on any atom is 0.330 e. The van der Waals surface area contributed by atoms with Gasteiger partial charge in [0.15, 0.2) is 0 Å². The van der Waals surface area contributed by atoms with Gasteiger partial charge in [0.1, 0.15) is 15.7 Å². The number of rotatable bonds is 3. The van der Waals surface area contributed by atoms with Crippen molar-refractivity contribution in [3.05, 3.63) is 70.3 Å². The van der Waals surface area contributed by atoms with E-state index < -0.39 is 21.9 Å². The molecule has 1 saturated carbocycles. The number of urea groups is 1. The highest BCUT2D eigenvalue weighted by Gasteiger charge is 2.45.